The molecule has 0 heterocycles. The topological polar surface area (TPSA) is 55.3 Å². The van der Waals surface area contributed by atoms with E-state index in [0.29, 0.717) is 6.54 Å². The zero-order valence-electron chi connectivity index (χ0n) is 7.15. The van der Waals surface area contributed by atoms with Gasteiger partial charge in [-0.3, -0.25) is 0 Å². The fraction of sp³-hybridized carbons (Fsp3) is 0.111. The molecule has 0 unspecified atom stereocenters. The summed E-state index contributed by atoms with van der Waals surface area (Å²) in [4.78, 5) is 0. The molecule has 3 nitrogen and oxygen atoms in total. The van der Waals surface area contributed by atoms with Gasteiger partial charge in [-0.05, 0) is 17.7 Å². The maximum absolute atomic E-state index is 5.61. The summed E-state index contributed by atoms with van der Waals surface area (Å²) in [5.41, 5.74) is 6.34. The van der Waals surface area contributed by atoms with Crippen molar-refractivity contribution in [2.45, 2.75) is 6.54 Å². The maximum Gasteiger partial charge on any atom is 0.0586 e. The van der Waals surface area contributed by atoms with Crippen molar-refractivity contribution in [2.24, 2.45) is 11.6 Å². The third-order valence-corrected chi connectivity index (χ3v) is 2.08. The lowest BCUT2D eigenvalue weighted by molar-refractivity contribution is 0.386. The summed E-state index contributed by atoms with van der Waals surface area (Å²) >= 11 is 3.36. The zero-order chi connectivity index (χ0) is 9.68. The van der Waals surface area contributed by atoms with Crippen LogP contribution >= 0.6 is 15.9 Å². The Bertz CT molecular complexity index is 281. The fourth-order valence-corrected chi connectivity index (χ4v) is 1.23. The first-order valence-electron chi connectivity index (χ1n) is 3.86. The van der Waals surface area contributed by atoms with E-state index in [4.69, 9.17) is 11.6 Å². The molecule has 0 atom stereocenters. The molecule has 4 heteroatoms. The van der Waals surface area contributed by atoms with Crippen LogP contribution in [0.4, 0.5) is 0 Å². The second-order valence-corrected chi connectivity index (χ2v) is 3.56. The molecule has 0 aliphatic carbocycles. The van der Waals surface area contributed by atoms with Crippen LogP contribution < -0.4 is 11.6 Å². The summed E-state index contributed by atoms with van der Waals surface area (Å²) in [5.74, 6) is 5.61. The lowest BCUT2D eigenvalue weighted by Crippen LogP contribution is -2.24. The van der Waals surface area contributed by atoms with Gasteiger partial charge in [0.1, 0.15) is 0 Å². The number of hydrogen-bond acceptors (Lipinski definition) is 3. The second kappa shape index (κ2) is 4.89. The Hall–Kier alpha value is -1.00. The van der Waals surface area contributed by atoms with E-state index in [1.165, 1.54) is 11.2 Å². The first-order chi connectivity index (χ1) is 6.22. The van der Waals surface area contributed by atoms with Gasteiger partial charge in [-0.15, -0.1) is 0 Å². The molecule has 70 valence electrons. The summed E-state index contributed by atoms with van der Waals surface area (Å²) in [6, 6.07) is 7.98. The highest BCUT2D eigenvalue weighted by Crippen LogP contribution is 2.11. The largest absolute Gasteiger partial charge is 0.403 e. The van der Waals surface area contributed by atoms with Crippen LogP contribution in [0.1, 0.15) is 5.56 Å². The van der Waals surface area contributed by atoms with Crippen molar-refractivity contribution in [2.75, 3.05) is 0 Å². The number of benzene rings is 1. The third-order valence-electron chi connectivity index (χ3n) is 1.56. The standard InChI is InChI=1S/C9H12BrN3/c10-9-3-1-8(2-4-9)7-13(12)6-5-11/h1-6H,7,11-12H2/b6-5-. The van der Waals surface area contributed by atoms with Gasteiger partial charge in [-0.1, -0.05) is 28.1 Å². The molecule has 0 spiro atoms. The van der Waals surface area contributed by atoms with Crippen LogP contribution in [0.15, 0.2) is 41.1 Å². The van der Waals surface area contributed by atoms with Gasteiger partial charge in [0, 0.05) is 16.9 Å². The van der Waals surface area contributed by atoms with E-state index in [1.54, 1.807) is 6.20 Å². The average Bonchev–Trinajstić information content (AvgIpc) is 2.09. The minimum atomic E-state index is 0.654. The van der Waals surface area contributed by atoms with Gasteiger partial charge in [0.05, 0.1) is 6.54 Å². The first-order valence-corrected chi connectivity index (χ1v) is 4.66. The Kier molecular flexibility index (Phi) is 3.79. The third kappa shape index (κ3) is 3.48. The lowest BCUT2D eigenvalue weighted by Gasteiger charge is -2.12. The molecule has 1 aromatic rings. The molecule has 1 aromatic carbocycles. The van der Waals surface area contributed by atoms with Crippen molar-refractivity contribution >= 4 is 15.9 Å². The molecular weight excluding hydrogens is 230 g/mol. The molecule has 0 aromatic heterocycles. The van der Waals surface area contributed by atoms with Crippen LogP contribution in [-0.4, -0.2) is 5.01 Å². The number of rotatable bonds is 3. The summed E-state index contributed by atoms with van der Waals surface area (Å²) in [5, 5.41) is 1.53. The van der Waals surface area contributed by atoms with Crippen LogP contribution in [-0.2, 0) is 6.54 Å². The van der Waals surface area contributed by atoms with Crippen LogP contribution in [0, 0.1) is 0 Å². The molecule has 0 saturated heterocycles. The predicted molar refractivity (Wildman–Crippen MR) is 57.2 cm³/mol. The molecule has 0 aliphatic heterocycles. The van der Waals surface area contributed by atoms with E-state index >= 15 is 0 Å². The number of hydrazine groups is 1. The van der Waals surface area contributed by atoms with Crippen molar-refractivity contribution in [1.29, 1.82) is 0 Å². The van der Waals surface area contributed by atoms with Crippen molar-refractivity contribution < 1.29 is 0 Å². The van der Waals surface area contributed by atoms with Gasteiger partial charge in [0.25, 0.3) is 0 Å². The number of halogens is 1. The molecule has 4 N–H and O–H groups in total. The van der Waals surface area contributed by atoms with Gasteiger partial charge in [0.2, 0.25) is 0 Å². The van der Waals surface area contributed by atoms with Gasteiger partial charge in [0.15, 0.2) is 0 Å². The summed E-state index contributed by atoms with van der Waals surface area (Å²) in [6.07, 6.45) is 3.04. The van der Waals surface area contributed by atoms with E-state index in [-0.39, 0.29) is 0 Å². The van der Waals surface area contributed by atoms with Crippen LogP contribution in [0.25, 0.3) is 0 Å². The van der Waals surface area contributed by atoms with Crippen LogP contribution in [0.5, 0.6) is 0 Å². The van der Waals surface area contributed by atoms with Gasteiger partial charge < -0.3 is 10.7 Å². The minimum Gasteiger partial charge on any atom is -0.403 e. The molecule has 13 heavy (non-hydrogen) atoms. The highest BCUT2D eigenvalue weighted by molar-refractivity contribution is 9.10. The summed E-state index contributed by atoms with van der Waals surface area (Å²) in [7, 11) is 0. The molecule has 0 amide bonds. The Morgan fingerprint density at radius 1 is 1.31 bits per heavy atom. The van der Waals surface area contributed by atoms with E-state index in [1.807, 2.05) is 24.3 Å². The average molecular weight is 242 g/mol. The molecule has 0 saturated carbocycles. The van der Waals surface area contributed by atoms with Crippen molar-refractivity contribution in [1.82, 2.24) is 5.01 Å². The highest BCUT2D eigenvalue weighted by atomic mass is 79.9. The second-order valence-electron chi connectivity index (χ2n) is 2.64. The SMILES string of the molecule is N/C=C\N(N)Cc1ccc(Br)cc1. The Balaban J connectivity index is 2.59. The summed E-state index contributed by atoms with van der Waals surface area (Å²) < 4.78 is 1.06. The fourth-order valence-electron chi connectivity index (χ4n) is 0.964. The number of hydrogen-bond donors (Lipinski definition) is 2. The van der Waals surface area contributed by atoms with E-state index in [2.05, 4.69) is 15.9 Å². The van der Waals surface area contributed by atoms with Crippen molar-refractivity contribution in [3.8, 4) is 0 Å². The van der Waals surface area contributed by atoms with Gasteiger partial charge >= 0.3 is 0 Å². The number of nitrogens with zero attached hydrogens (tertiary/aromatic N) is 1. The monoisotopic (exact) mass is 241 g/mol. The molecule has 0 fully saturated rings. The molecule has 0 bridgehead atoms. The lowest BCUT2D eigenvalue weighted by atomic mass is 10.2. The van der Waals surface area contributed by atoms with E-state index in [0.717, 1.165) is 10.0 Å². The summed E-state index contributed by atoms with van der Waals surface area (Å²) in [6.45, 7) is 0.654. The van der Waals surface area contributed by atoms with E-state index in [9.17, 15) is 0 Å². The maximum atomic E-state index is 5.61. The first kappa shape index (κ1) is 10.1. The van der Waals surface area contributed by atoms with E-state index < -0.39 is 0 Å². The molecule has 0 aliphatic rings. The molecular formula is C9H12BrN3. The van der Waals surface area contributed by atoms with Gasteiger partial charge in [-0.2, -0.15) is 0 Å². The quantitative estimate of drug-likeness (QED) is 0.624. The minimum absolute atomic E-state index is 0.654. The highest BCUT2D eigenvalue weighted by Gasteiger charge is 1.95. The molecule has 0 radical (unpaired) electrons. The Labute approximate surface area is 86.1 Å². The van der Waals surface area contributed by atoms with Crippen LogP contribution in [0.3, 0.4) is 0 Å². The zero-order valence-corrected chi connectivity index (χ0v) is 8.74. The smallest absolute Gasteiger partial charge is 0.0586 e. The number of nitrogens with two attached hydrogens (primary N) is 2. The van der Waals surface area contributed by atoms with Gasteiger partial charge in [-0.25, -0.2) is 5.84 Å². The van der Waals surface area contributed by atoms with Crippen molar-refractivity contribution in [3.05, 3.63) is 46.7 Å². The predicted octanol–water partition coefficient (Wildman–Crippen LogP) is 1.55. The van der Waals surface area contributed by atoms with Crippen molar-refractivity contribution in [3.63, 3.8) is 0 Å². The normalized spacial score (nSPS) is 10.6. The molecule has 1 rings (SSSR count). The Morgan fingerprint density at radius 2 is 1.92 bits per heavy atom. The Morgan fingerprint density at radius 3 is 2.46 bits per heavy atom. The van der Waals surface area contributed by atoms with Crippen LogP contribution in [0.2, 0.25) is 0 Å².